The maximum atomic E-state index is 12.6. The molecule has 2 N–H and O–H groups in total. The van der Waals surface area contributed by atoms with Gasteiger partial charge in [0.2, 0.25) is 11.8 Å². The number of primary amides is 1. The molecular weight excluding hydrogens is 298 g/mol. The van der Waals surface area contributed by atoms with Gasteiger partial charge in [0.1, 0.15) is 6.61 Å². The van der Waals surface area contributed by atoms with Crippen LogP contribution in [0.3, 0.4) is 0 Å². The molecule has 23 heavy (non-hydrogen) atoms. The number of nitrogens with two attached hydrogens (primary N) is 1. The average molecular weight is 319 g/mol. The van der Waals surface area contributed by atoms with Crippen LogP contribution in [0.25, 0.3) is 0 Å². The molecule has 1 heterocycles. The van der Waals surface area contributed by atoms with E-state index in [0.717, 1.165) is 11.1 Å². The Bertz CT molecular complexity index is 632. The second kappa shape index (κ2) is 6.78. The van der Waals surface area contributed by atoms with E-state index in [9.17, 15) is 14.4 Å². The number of aryl methyl sites for hydroxylation is 1. The van der Waals surface area contributed by atoms with Crippen molar-refractivity contribution in [3.8, 4) is 0 Å². The second-order valence-electron chi connectivity index (χ2n) is 5.70. The molecule has 3 amide bonds. The summed E-state index contributed by atoms with van der Waals surface area (Å²) >= 11 is 0. The highest BCUT2D eigenvalue weighted by atomic mass is 16.5. The number of nitrogens with zero attached hydrogens (tertiary/aromatic N) is 2. The molecule has 2 rings (SSSR count). The Morgan fingerprint density at radius 3 is 2.65 bits per heavy atom. The van der Waals surface area contributed by atoms with Crippen LogP contribution in [0.5, 0.6) is 0 Å². The van der Waals surface area contributed by atoms with Crippen LogP contribution in [0.1, 0.15) is 17.2 Å². The largest absolute Gasteiger partial charge is 0.368 e. The van der Waals surface area contributed by atoms with Crippen LogP contribution in [0.4, 0.5) is 0 Å². The normalized spacial score (nSPS) is 21.2. The molecule has 0 unspecified atom stereocenters. The standard InChI is InChI=1S/C16H21N3O4/c1-10-6-4-5-7-11(10)14-15(23-9-13(21)19(14)3)16(22)18(2)8-12(17)20/h4-7,14-15H,8-9H2,1-3H3,(H2,17,20)/t14-,15+/m1/s1. The van der Waals surface area contributed by atoms with Gasteiger partial charge in [0.05, 0.1) is 12.6 Å². The summed E-state index contributed by atoms with van der Waals surface area (Å²) in [5.41, 5.74) is 6.94. The number of ether oxygens (including phenoxy) is 1. The Hall–Kier alpha value is -2.41. The number of hydrogen-bond acceptors (Lipinski definition) is 4. The van der Waals surface area contributed by atoms with E-state index in [-0.39, 0.29) is 25.0 Å². The maximum Gasteiger partial charge on any atom is 0.254 e. The van der Waals surface area contributed by atoms with Gasteiger partial charge in [0.25, 0.3) is 5.91 Å². The van der Waals surface area contributed by atoms with Gasteiger partial charge in [-0.2, -0.15) is 0 Å². The summed E-state index contributed by atoms with van der Waals surface area (Å²) in [4.78, 5) is 38.4. The van der Waals surface area contributed by atoms with Crippen LogP contribution >= 0.6 is 0 Å². The van der Waals surface area contributed by atoms with Crippen molar-refractivity contribution in [1.82, 2.24) is 9.80 Å². The first-order valence-corrected chi connectivity index (χ1v) is 7.29. The Labute approximate surface area is 135 Å². The SMILES string of the molecule is Cc1ccccc1[C@@H]1[C@@H](C(=O)N(C)CC(N)=O)OCC(=O)N1C. The van der Waals surface area contributed by atoms with E-state index in [1.54, 1.807) is 7.05 Å². The van der Waals surface area contributed by atoms with Crippen molar-refractivity contribution in [1.29, 1.82) is 0 Å². The fourth-order valence-corrected chi connectivity index (χ4v) is 2.74. The van der Waals surface area contributed by atoms with Crippen molar-refractivity contribution < 1.29 is 19.1 Å². The molecule has 1 aliphatic rings. The minimum Gasteiger partial charge on any atom is -0.368 e. The predicted molar refractivity (Wildman–Crippen MR) is 83.3 cm³/mol. The number of rotatable bonds is 4. The van der Waals surface area contributed by atoms with Gasteiger partial charge < -0.3 is 20.3 Å². The minimum absolute atomic E-state index is 0.167. The van der Waals surface area contributed by atoms with Crippen LogP contribution in [-0.4, -0.2) is 60.9 Å². The molecule has 1 fully saturated rings. The fourth-order valence-electron chi connectivity index (χ4n) is 2.74. The van der Waals surface area contributed by atoms with Gasteiger partial charge in [-0.1, -0.05) is 24.3 Å². The lowest BCUT2D eigenvalue weighted by Gasteiger charge is -2.40. The highest BCUT2D eigenvalue weighted by molar-refractivity contribution is 5.89. The van der Waals surface area contributed by atoms with Crippen LogP contribution < -0.4 is 5.73 Å². The van der Waals surface area contributed by atoms with Gasteiger partial charge in [-0.05, 0) is 18.1 Å². The van der Waals surface area contributed by atoms with Crippen molar-refractivity contribution in [3.05, 3.63) is 35.4 Å². The quantitative estimate of drug-likeness (QED) is 0.834. The van der Waals surface area contributed by atoms with E-state index in [1.165, 1.54) is 16.8 Å². The summed E-state index contributed by atoms with van der Waals surface area (Å²) in [5.74, 6) is -1.18. The van der Waals surface area contributed by atoms with Gasteiger partial charge in [0, 0.05) is 14.1 Å². The lowest BCUT2D eigenvalue weighted by atomic mass is 9.93. The molecule has 0 bridgehead atoms. The third-order valence-electron chi connectivity index (χ3n) is 4.00. The monoisotopic (exact) mass is 319 g/mol. The molecule has 1 saturated heterocycles. The van der Waals surface area contributed by atoms with Crippen molar-refractivity contribution in [3.63, 3.8) is 0 Å². The first-order chi connectivity index (χ1) is 10.8. The van der Waals surface area contributed by atoms with Gasteiger partial charge >= 0.3 is 0 Å². The predicted octanol–water partition coefficient (Wildman–Crippen LogP) is -0.163. The number of likely N-dealkylation sites (N-methyl/N-ethyl adjacent to an activating group) is 2. The summed E-state index contributed by atoms with van der Waals surface area (Å²) in [6, 6.07) is 6.98. The summed E-state index contributed by atoms with van der Waals surface area (Å²) in [6.45, 7) is 1.55. The second-order valence-corrected chi connectivity index (χ2v) is 5.70. The van der Waals surface area contributed by atoms with Crippen LogP contribution in [0.2, 0.25) is 0 Å². The van der Waals surface area contributed by atoms with Gasteiger partial charge in [-0.15, -0.1) is 0 Å². The smallest absolute Gasteiger partial charge is 0.254 e. The van der Waals surface area contributed by atoms with E-state index in [0.29, 0.717) is 0 Å². The molecular formula is C16H21N3O4. The maximum absolute atomic E-state index is 12.6. The summed E-state index contributed by atoms with van der Waals surface area (Å²) < 4.78 is 5.51. The summed E-state index contributed by atoms with van der Waals surface area (Å²) in [5, 5.41) is 0. The summed E-state index contributed by atoms with van der Waals surface area (Å²) in [7, 11) is 3.14. The molecule has 7 heteroatoms. The lowest BCUT2D eigenvalue weighted by molar-refractivity contribution is -0.167. The van der Waals surface area contributed by atoms with E-state index in [1.807, 2.05) is 31.2 Å². The molecule has 1 aromatic rings. The Morgan fingerprint density at radius 2 is 2.04 bits per heavy atom. The third-order valence-corrected chi connectivity index (χ3v) is 4.00. The molecule has 0 spiro atoms. The Morgan fingerprint density at radius 1 is 1.39 bits per heavy atom. The van der Waals surface area contributed by atoms with Crippen molar-refractivity contribution in [2.45, 2.75) is 19.1 Å². The summed E-state index contributed by atoms with van der Waals surface area (Å²) in [6.07, 6.45) is -0.872. The molecule has 1 aromatic carbocycles. The zero-order chi connectivity index (χ0) is 17.1. The zero-order valence-electron chi connectivity index (χ0n) is 13.5. The lowest BCUT2D eigenvalue weighted by Crippen LogP contribution is -2.54. The number of carbonyl (C=O) groups is 3. The average Bonchev–Trinajstić information content (AvgIpc) is 2.49. The van der Waals surface area contributed by atoms with Crippen LogP contribution in [0, 0.1) is 6.92 Å². The van der Waals surface area contributed by atoms with Gasteiger partial charge in [-0.25, -0.2) is 0 Å². The minimum atomic E-state index is -0.872. The number of hydrogen-bond donors (Lipinski definition) is 1. The molecule has 7 nitrogen and oxygen atoms in total. The van der Waals surface area contributed by atoms with Crippen molar-refractivity contribution >= 4 is 17.7 Å². The molecule has 0 radical (unpaired) electrons. The van der Waals surface area contributed by atoms with Gasteiger partial charge in [-0.3, -0.25) is 14.4 Å². The number of carbonyl (C=O) groups excluding carboxylic acids is 3. The van der Waals surface area contributed by atoms with Crippen molar-refractivity contribution in [2.24, 2.45) is 5.73 Å². The topological polar surface area (TPSA) is 92.9 Å². The van der Waals surface area contributed by atoms with Crippen LogP contribution in [0.15, 0.2) is 24.3 Å². The first-order valence-electron chi connectivity index (χ1n) is 7.29. The fraction of sp³-hybridized carbons (Fsp3) is 0.438. The number of amides is 3. The first kappa shape index (κ1) is 17.0. The molecule has 0 aliphatic carbocycles. The number of morpholine rings is 1. The molecule has 124 valence electrons. The van der Waals surface area contributed by atoms with Crippen molar-refractivity contribution in [2.75, 3.05) is 27.2 Å². The van der Waals surface area contributed by atoms with E-state index in [4.69, 9.17) is 10.5 Å². The van der Waals surface area contributed by atoms with Crippen LogP contribution in [-0.2, 0) is 19.1 Å². The zero-order valence-corrected chi connectivity index (χ0v) is 13.5. The van der Waals surface area contributed by atoms with Gasteiger partial charge in [0.15, 0.2) is 6.10 Å². The highest BCUT2D eigenvalue weighted by Gasteiger charge is 2.41. The molecule has 0 saturated carbocycles. The molecule has 0 aromatic heterocycles. The van der Waals surface area contributed by atoms with E-state index < -0.39 is 18.1 Å². The molecule has 2 atom stereocenters. The van der Waals surface area contributed by atoms with E-state index >= 15 is 0 Å². The Kier molecular flexibility index (Phi) is 5.00. The molecule has 1 aliphatic heterocycles. The third kappa shape index (κ3) is 3.50. The number of benzene rings is 1. The Balaban J connectivity index is 2.36. The highest BCUT2D eigenvalue weighted by Crippen LogP contribution is 2.31. The van der Waals surface area contributed by atoms with E-state index in [2.05, 4.69) is 0 Å².